The first-order chi connectivity index (χ1) is 9.52. The molecule has 2 unspecified atom stereocenters. The third-order valence-corrected chi connectivity index (χ3v) is 3.51. The van der Waals surface area contributed by atoms with Crippen molar-refractivity contribution in [2.75, 3.05) is 19.0 Å². The molecular formula is C13H17N3O4. The Morgan fingerprint density at radius 1 is 1.55 bits per heavy atom. The molecule has 1 fully saturated rings. The second kappa shape index (κ2) is 5.87. The van der Waals surface area contributed by atoms with E-state index in [2.05, 4.69) is 10.6 Å². The summed E-state index contributed by atoms with van der Waals surface area (Å²) >= 11 is 0. The number of nitrogens with zero attached hydrogens (tertiary/aromatic N) is 1. The maximum Gasteiger partial charge on any atom is 0.271 e. The molecule has 0 saturated carbocycles. The van der Waals surface area contributed by atoms with Crippen LogP contribution in [-0.2, 0) is 4.79 Å². The normalized spacial score (nSPS) is 21.5. The maximum atomic E-state index is 12.2. The van der Waals surface area contributed by atoms with E-state index in [1.54, 1.807) is 0 Å². The number of carbonyl (C=O) groups excluding carboxylic acids is 1. The first-order valence-corrected chi connectivity index (χ1v) is 6.39. The number of non-ortho nitro benzene ring substituents is 1. The summed E-state index contributed by atoms with van der Waals surface area (Å²) < 4.78 is 5.12. The first-order valence-electron chi connectivity index (χ1n) is 6.39. The van der Waals surface area contributed by atoms with Gasteiger partial charge in [0, 0.05) is 18.2 Å². The summed E-state index contributed by atoms with van der Waals surface area (Å²) in [6.07, 6.45) is 0.754. The Kier molecular flexibility index (Phi) is 4.19. The number of amides is 1. The molecule has 1 amide bonds. The van der Waals surface area contributed by atoms with E-state index < -0.39 is 4.92 Å². The van der Waals surface area contributed by atoms with Crippen LogP contribution in [0.3, 0.4) is 0 Å². The molecule has 1 aliphatic heterocycles. The van der Waals surface area contributed by atoms with Gasteiger partial charge in [0.25, 0.3) is 5.69 Å². The number of rotatable bonds is 4. The molecule has 2 atom stereocenters. The van der Waals surface area contributed by atoms with Crippen LogP contribution in [0.15, 0.2) is 18.2 Å². The topological polar surface area (TPSA) is 93.5 Å². The first kappa shape index (κ1) is 14.3. The quantitative estimate of drug-likeness (QED) is 0.644. The van der Waals surface area contributed by atoms with Gasteiger partial charge in [-0.2, -0.15) is 0 Å². The second-order valence-electron chi connectivity index (χ2n) is 4.77. The second-order valence-corrected chi connectivity index (χ2v) is 4.77. The third-order valence-electron chi connectivity index (χ3n) is 3.51. The van der Waals surface area contributed by atoms with Crippen LogP contribution in [0.5, 0.6) is 5.75 Å². The zero-order valence-electron chi connectivity index (χ0n) is 11.4. The molecule has 108 valence electrons. The molecule has 0 radical (unpaired) electrons. The van der Waals surface area contributed by atoms with Crippen LogP contribution in [0, 0.1) is 16.0 Å². The summed E-state index contributed by atoms with van der Waals surface area (Å²) in [4.78, 5) is 22.5. The average Bonchev–Trinajstić information content (AvgIpc) is 2.84. The number of nitro groups is 1. The van der Waals surface area contributed by atoms with Crippen molar-refractivity contribution in [1.82, 2.24) is 5.32 Å². The number of ether oxygens (including phenoxy) is 1. The van der Waals surface area contributed by atoms with Crippen LogP contribution in [0.4, 0.5) is 11.4 Å². The Labute approximate surface area is 116 Å². The van der Waals surface area contributed by atoms with Gasteiger partial charge in [0.15, 0.2) is 0 Å². The van der Waals surface area contributed by atoms with Crippen molar-refractivity contribution in [3.05, 3.63) is 28.3 Å². The van der Waals surface area contributed by atoms with Crippen LogP contribution in [0.2, 0.25) is 0 Å². The van der Waals surface area contributed by atoms with Crippen molar-refractivity contribution >= 4 is 17.3 Å². The van der Waals surface area contributed by atoms with Crippen LogP contribution < -0.4 is 15.4 Å². The van der Waals surface area contributed by atoms with E-state index in [1.807, 2.05) is 6.92 Å². The minimum Gasteiger partial charge on any atom is -0.495 e. The average molecular weight is 279 g/mol. The van der Waals surface area contributed by atoms with Gasteiger partial charge >= 0.3 is 0 Å². The number of methoxy groups -OCH3 is 1. The standard InChI is InChI=1S/C13H17N3O4/c1-8-10(5-6-14-8)13(17)15-11-7-9(16(18)19)3-4-12(11)20-2/h3-4,7-8,10,14H,5-6H2,1-2H3,(H,15,17). The van der Waals surface area contributed by atoms with Crippen molar-refractivity contribution in [3.63, 3.8) is 0 Å². The van der Waals surface area contributed by atoms with Crippen LogP contribution in [0.1, 0.15) is 13.3 Å². The number of benzene rings is 1. The highest BCUT2D eigenvalue weighted by Crippen LogP contribution is 2.30. The van der Waals surface area contributed by atoms with Crippen molar-refractivity contribution in [1.29, 1.82) is 0 Å². The Morgan fingerprint density at radius 2 is 2.30 bits per heavy atom. The smallest absolute Gasteiger partial charge is 0.271 e. The molecule has 1 aliphatic rings. The molecule has 7 heteroatoms. The van der Waals surface area contributed by atoms with Crippen LogP contribution in [-0.4, -0.2) is 30.5 Å². The lowest BCUT2D eigenvalue weighted by Gasteiger charge is -2.16. The molecule has 1 heterocycles. The number of hydrogen-bond donors (Lipinski definition) is 2. The Hall–Kier alpha value is -2.15. The van der Waals surface area contributed by atoms with E-state index in [0.717, 1.165) is 13.0 Å². The van der Waals surface area contributed by atoms with E-state index in [4.69, 9.17) is 4.74 Å². The Bertz CT molecular complexity index is 532. The molecule has 0 bridgehead atoms. The molecule has 1 aromatic rings. The van der Waals surface area contributed by atoms with E-state index in [0.29, 0.717) is 11.4 Å². The fraction of sp³-hybridized carbons (Fsp3) is 0.462. The molecule has 7 nitrogen and oxygen atoms in total. The molecule has 0 spiro atoms. The highest BCUT2D eigenvalue weighted by Gasteiger charge is 2.30. The van der Waals surface area contributed by atoms with Gasteiger partial charge in [-0.3, -0.25) is 14.9 Å². The van der Waals surface area contributed by atoms with Gasteiger partial charge in [0.2, 0.25) is 5.91 Å². The van der Waals surface area contributed by atoms with Crippen molar-refractivity contribution in [2.24, 2.45) is 5.92 Å². The molecule has 2 rings (SSSR count). The van der Waals surface area contributed by atoms with Crippen molar-refractivity contribution in [3.8, 4) is 5.75 Å². The predicted octanol–water partition coefficient (Wildman–Crippen LogP) is 1.54. The predicted molar refractivity (Wildman–Crippen MR) is 73.8 cm³/mol. The van der Waals surface area contributed by atoms with Gasteiger partial charge in [-0.15, -0.1) is 0 Å². The van der Waals surface area contributed by atoms with E-state index in [9.17, 15) is 14.9 Å². The summed E-state index contributed by atoms with van der Waals surface area (Å²) in [5.41, 5.74) is 0.240. The lowest BCUT2D eigenvalue weighted by molar-refractivity contribution is -0.384. The van der Waals surface area contributed by atoms with Gasteiger partial charge in [-0.05, 0) is 26.0 Å². The van der Waals surface area contributed by atoms with Gasteiger partial charge in [-0.25, -0.2) is 0 Å². The molecule has 2 N–H and O–H groups in total. The minimum atomic E-state index is -0.505. The van der Waals surface area contributed by atoms with Crippen molar-refractivity contribution < 1.29 is 14.5 Å². The molecule has 1 aromatic carbocycles. The Morgan fingerprint density at radius 3 is 2.85 bits per heavy atom. The minimum absolute atomic E-state index is 0.0845. The summed E-state index contributed by atoms with van der Waals surface area (Å²) in [6.45, 7) is 2.74. The zero-order chi connectivity index (χ0) is 14.7. The SMILES string of the molecule is COc1ccc([N+](=O)[O-])cc1NC(=O)C1CCNC1C. The highest BCUT2D eigenvalue weighted by molar-refractivity contribution is 5.95. The lowest BCUT2D eigenvalue weighted by Crippen LogP contribution is -2.32. The zero-order valence-corrected chi connectivity index (χ0v) is 11.4. The number of anilines is 1. The van der Waals surface area contributed by atoms with Crippen molar-refractivity contribution in [2.45, 2.75) is 19.4 Å². The monoisotopic (exact) mass is 279 g/mol. The third kappa shape index (κ3) is 2.88. The fourth-order valence-electron chi connectivity index (χ4n) is 2.35. The number of nitrogens with one attached hydrogen (secondary N) is 2. The van der Waals surface area contributed by atoms with Gasteiger partial charge in [0.1, 0.15) is 5.75 Å². The van der Waals surface area contributed by atoms with Gasteiger partial charge < -0.3 is 15.4 Å². The summed E-state index contributed by atoms with van der Waals surface area (Å²) in [6, 6.07) is 4.22. The van der Waals surface area contributed by atoms with E-state index >= 15 is 0 Å². The highest BCUT2D eigenvalue weighted by atomic mass is 16.6. The van der Waals surface area contributed by atoms with Crippen LogP contribution >= 0.6 is 0 Å². The molecule has 1 saturated heterocycles. The largest absolute Gasteiger partial charge is 0.495 e. The molecule has 0 aliphatic carbocycles. The molecule has 20 heavy (non-hydrogen) atoms. The van der Waals surface area contributed by atoms with Gasteiger partial charge in [0.05, 0.1) is 23.6 Å². The molecule has 0 aromatic heterocycles. The number of nitro benzene ring substituents is 1. The number of hydrogen-bond acceptors (Lipinski definition) is 5. The summed E-state index contributed by atoms with van der Waals surface area (Å²) in [5, 5.41) is 16.7. The Balaban J connectivity index is 2.20. The van der Waals surface area contributed by atoms with E-state index in [1.165, 1.54) is 25.3 Å². The fourth-order valence-corrected chi connectivity index (χ4v) is 2.35. The number of carbonyl (C=O) groups is 1. The van der Waals surface area contributed by atoms with Gasteiger partial charge in [-0.1, -0.05) is 0 Å². The maximum absolute atomic E-state index is 12.2. The summed E-state index contributed by atoms with van der Waals surface area (Å²) in [7, 11) is 1.45. The van der Waals surface area contributed by atoms with E-state index in [-0.39, 0.29) is 23.6 Å². The molecular weight excluding hydrogens is 262 g/mol. The lowest BCUT2D eigenvalue weighted by atomic mass is 10.0. The van der Waals surface area contributed by atoms with Crippen LogP contribution in [0.25, 0.3) is 0 Å². The summed E-state index contributed by atoms with van der Waals surface area (Å²) in [5.74, 6) is 0.114.